The van der Waals surface area contributed by atoms with Crippen LogP contribution >= 0.6 is 0 Å². The van der Waals surface area contributed by atoms with Gasteiger partial charge in [0.1, 0.15) is 0 Å². The fraction of sp³-hybridized carbons (Fsp3) is 0.875. The highest BCUT2D eigenvalue weighted by Crippen LogP contribution is 2.45. The van der Waals surface area contributed by atoms with Crippen molar-refractivity contribution in [3.05, 3.63) is 11.7 Å². The summed E-state index contributed by atoms with van der Waals surface area (Å²) in [5.41, 5.74) is 6.07. The Morgan fingerprint density at radius 2 is 2.00 bits per heavy atom. The predicted molar refractivity (Wildman–Crippen MR) is 78.2 cm³/mol. The minimum Gasteiger partial charge on any atom is -0.339 e. The van der Waals surface area contributed by atoms with Crippen molar-refractivity contribution in [1.29, 1.82) is 0 Å². The Labute approximate surface area is 121 Å². The fourth-order valence-corrected chi connectivity index (χ4v) is 4.10. The second-order valence-electron chi connectivity index (χ2n) is 6.70. The Balaban J connectivity index is 1.64. The van der Waals surface area contributed by atoms with Gasteiger partial charge in [-0.2, -0.15) is 4.98 Å². The lowest BCUT2D eigenvalue weighted by atomic mass is 9.67. The molecule has 4 unspecified atom stereocenters. The first kappa shape index (κ1) is 14.1. The molecule has 2 N–H and O–H groups in total. The van der Waals surface area contributed by atoms with Crippen LogP contribution in [0.4, 0.5) is 0 Å². The first-order valence-corrected chi connectivity index (χ1v) is 8.37. The summed E-state index contributed by atoms with van der Waals surface area (Å²) in [5.74, 6) is 3.87. The van der Waals surface area contributed by atoms with E-state index in [1.165, 1.54) is 44.9 Å². The zero-order valence-corrected chi connectivity index (χ0v) is 12.6. The van der Waals surface area contributed by atoms with Crippen LogP contribution in [0.5, 0.6) is 0 Å². The second-order valence-corrected chi connectivity index (χ2v) is 6.70. The van der Waals surface area contributed by atoms with E-state index in [0.717, 1.165) is 30.6 Å². The molecule has 2 saturated carbocycles. The smallest absolute Gasteiger partial charge is 0.229 e. The summed E-state index contributed by atoms with van der Waals surface area (Å²) in [5, 5.41) is 4.10. The van der Waals surface area contributed by atoms with Gasteiger partial charge in [0.05, 0.1) is 6.04 Å². The maximum Gasteiger partial charge on any atom is 0.229 e. The van der Waals surface area contributed by atoms with Crippen molar-refractivity contribution in [1.82, 2.24) is 10.1 Å². The van der Waals surface area contributed by atoms with Crippen molar-refractivity contribution in [3.63, 3.8) is 0 Å². The van der Waals surface area contributed by atoms with Crippen LogP contribution in [0.2, 0.25) is 0 Å². The van der Waals surface area contributed by atoms with Crippen molar-refractivity contribution in [3.8, 4) is 0 Å². The fourth-order valence-electron chi connectivity index (χ4n) is 4.10. The van der Waals surface area contributed by atoms with E-state index in [2.05, 4.69) is 17.1 Å². The van der Waals surface area contributed by atoms with Gasteiger partial charge in [0.25, 0.3) is 0 Å². The first-order valence-electron chi connectivity index (χ1n) is 8.37. The topological polar surface area (TPSA) is 64.9 Å². The van der Waals surface area contributed by atoms with E-state index in [0.29, 0.717) is 11.7 Å². The summed E-state index contributed by atoms with van der Waals surface area (Å²) in [6, 6.07) is -0.0662. The zero-order valence-electron chi connectivity index (χ0n) is 12.6. The third kappa shape index (κ3) is 2.90. The largest absolute Gasteiger partial charge is 0.339 e. The van der Waals surface area contributed by atoms with Crippen LogP contribution in [0.1, 0.15) is 88.4 Å². The molecule has 3 rings (SSSR count). The summed E-state index contributed by atoms with van der Waals surface area (Å²) in [6.45, 7) is 2.13. The molecule has 0 aromatic carbocycles. The highest BCUT2D eigenvalue weighted by atomic mass is 16.5. The number of hydrogen-bond acceptors (Lipinski definition) is 4. The van der Waals surface area contributed by atoms with Gasteiger partial charge in [-0.1, -0.05) is 44.2 Å². The third-order valence-electron chi connectivity index (χ3n) is 5.28. The quantitative estimate of drug-likeness (QED) is 0.905. The van der Waals surface area contributed by atoms with Crippen molar-refractivity contribution in [2.75, 3.05) is 0 Å². The molecule has 4 atom stereocenters. The Morgan fingerprint density at radius 3 is 2.80 bits per heavy atom. The summed E-state index contributed by atoms with van der Waals surface area (Å²) < 4.78 is 5.51. The molecule has 0 spiro atoms. The van der Waals surface area contributed by atoms with Crippen LogP contribution < -0.4 is 5.73 Å². The first-order chi connectivity index (χ1) is 9.78. The van der Waals surface area contributed by atoms with Gasteiger partial charge in [0.15, 0.2) is 5.82 Å². The number of hydrogen-bond donors (Lipinski definition) is 1. The molecule has 1 aromatic rings. The molecule has 2 aliphatic carbocycles. The van der Waals surface area contributed by atoms with E-state index >= 15 is 0 Å². The van der Waals surface area contributed by atoms with Crippen molar-refractivity contribution >= 4 is 0 Å². The maximum atomic E-state index is 6.07. The van der Waals surface area contributed by atoms with Crippen LogP contribution in [-0.4, -0.2) is 10.1 Å². The minimum absolute atomic E-state index is 0.0662. The Kier molecular flexibility index (Phi) is 4.39. The molecule has 1 heterocycles. The van der Waals surface area contributed by atoms with E-state index < -0.39 is 0 Å². The summed E-state index contributed by atoms with van der Waals surface area (Å²) >= 11 is 0. The van der Waals surface area contributed by atoms with Crippen molar-refractivity contribution in [2.24, 2.45) is 17.6 Å². The summed E-state index contributed by atoms with van der Waals surface area (Å²) in [6.07, 6.45) is 11.5. The van der Waals surface area contributed by atoms with Gasteiger partial charge in [-0.05, 0) is 37.5 Å². The van der Waals surface area contributed by atoms with Gasteiger partial charge < -0.3 is 10.3 Å². The minimum atomic E-state index is -0.0662. The third-order valence-corrected chi connectivity index (χ3v) is 5.28. The van der Waals surface area contributed by atoms with Gasteiger partial charge in [-0.25, -0.2) is 0 Å². The number of rotatable bonds is 4. The second kappa shape index (κ2) is 6.25. The van der Waals surface area contributed by atoms with E-state index in [9.17, 15) is 0 Å². The standard InChI is InChI=1S/C16H27N3O/c1-2-5-14(17)15-18-16(20-19-15)13-9-8-11-6-3-4-7-12(11)10-13/h11-14H,2-10,17H2,1H3. The average Bonchev–Trinajstić information content (AvgIpc) is 2.97. The Bertz CT molecular complexity index is 431. The molecular weight excluding hydrogens is 250 g/mol. The monoisotopic (exact) mass is 277 g/mol. The van der Waals surface area contributed by atoms with Crippen molar-refractivity contribution < 1.29 is 4.52 Å². The molecule has 0 bridgehead atoms. The number of fused-ring (bicyclic) bond motifs is 1. The lowest BCUT2D eigenvalue weighted by Gasteiger charge is -2.38. The van der Waals surface area contributed by atoms with E-state index in [1.807, 2.05) is 0 Å². The number of nitrogens with zero attached hydrogens (tertiary/aromatic N) is 2. The van der Waals surface area contributed by atoms with Crippen LogP contribution in [-0.2, 0) is 0 Å². The number of aromatic nitrogens is 2. The molecule has 2 aliphatic rings. The van der Waals surface area contributed by atoms with Crippen molar-refractivity contribution in [2.45, 2.75) is 76.7 Å². The molecule has 2 fully saturated rings. The van der Waals surface area contributed by atoms with E-state index in [1.54, 1.807) is 0 Å². The summed E-state index contributed by atoms with van der Waals surface area (Å²) in [4.78, 5) is 4.59. The van der Waals surface area contributed by atoms with Gasteiger partial charge in [-0.15, -0.1) is 0 Å². The lowest BCUT2D eigenvalue weighted by molar-refractivity contribution is 0.142. The molecular formula is C16H27N3O. The Hall–Kier alpha value is -0.900. The molecule has 20 heavy (non-hydrogen) atoms. The normalized spacial score (nSPS) is 31.8. The highest BCUT2D eigenvalue weighted by Gasteiger charge is 2.35. The molecule has 112 valence electrons. The van der Waals surface area contributed by atoms with Crippen LogP contribution in [0, 0.1) is 11.8 Å². The molecule has 4 nitrogen and oxygen atoms in total. The van der Waals surface area contributed by atoms with Crippen LogP contribution in [0.3, 0.4) is 0 Å². The van der Waals surface area contributed by atoms with Gasteiger partial charge in [-0.3, -0.25) is 0 Å². The van der Waals surface area contributed by atoms with Gasteiger partial charge in [0.2, 0.25) is 5.89 Å². The molecule has 0 saturated heterocycles. The molecule has 1 aromatic heterocycles. The SMILES string of the molecule is CCCC(N)c1noc(C2CCC3CCCCC3C2)n1. The molecule has 0 amide bonds. The van der Waals surface area contributed by atoms with Crippen LogP contribution in [0.15, 0.2) is 4.52 Å². The molecule has 0 aliphatic heterocycles. The molecule has 0 radical (unpaired) electrons. The van der Waals surface area contributed by atoms with Gasteiger partial charge >= 0.3 is 0 Å². The van der Waals surface area contributed by atoms with Gasteiger partial charge in [0, 0.05) is 5.92 Å². The van der Waals surface area contributed by atoms with E-state index in [4.69, 9.17) is 10.3 Å². The maximum absolute atomic E-state index is 6.07. The average molecular weight is 277 g/mol. The zero-order chi connectivity index (χ0) is 13.9. The predicted octanol–water partition coefficient (Wildman–Crippen LogP) is 3.94. The molecule has 4 heteroatoms. The highest BCUT2D eigenvalue weighted by molar-refractivity contribution is 5.01. The number of nitrogens with two attached hydrogens (primary N) is 1. The Morgan fingerprint density at radius 1 is 1.20 bits per heavy atom. The van der Waals surface area contributed by atoms with E-state index in [-0.39, 0.29) is 6.04 Å². The lowest BCUT2D eigenvalue weighted by Crippen LogP contribution is -2.27. The van der Waals surface area contributed by atoms with Crippen LogP contribution in [0.25, 0.3) is 0 Å². The summed E-state index contributed by atoms with van der Waals surface area (Å²) in [7, 11) is 0.